The van der Waals surface area contributed by atoms with Crippen LogP contribution in [-0.4, -0.2) is 16.6 Å². The van der Waals surface area contributed by atoms with E-state index in [1.54, 1.807) is 24.2 Å². The first kappa shape index (κ1) is 19.7. The Morgan fingerprint density at radius 1 is 1.25 bits per heavy atom. The predicted octanol–water partition coefficient (Wildman–Crippen LogP) is 4.56. The number of carbonyl (C=O) groups excluding carboxylic acids is 1. The summed E-state index contributed by atoms with van der Waals surface area (Å²) in [5.74, 6) is 0.248. The molecule has 1 aromatic heterocycles. The van der Waals surface area contributed by atoms with Gasteiger partial charge in [0.05, 0.1) is 22.6 Å². The second-order valence-electron chi connectivity index (χ2n) is 6.40. The number of para-hydroxylation sites is 1. The molecule has 6 heteroatoms. The Bertz CT molecular complexity index is 946. The van der Waals surface area contributed by atoms with Gasteiger partial charge in [-0.25, -0.2) is 0 Å². The monoisotopic (exact) mass is 390 g/mol. The molecule has 1 amide bonds. The molecular formula is C22H22N4OS. The van der Waals surface area contributed by atoms with Gasteiger partial charge < -0.3 is 10.6 Å². The molecule has 0 saturated carbocycles. The van der Waals surface area contributed by atoms with Crippen LogP contribution in [0.4, 0.5) is 5.69 Å². The Kier molecular flexibility index (Phi) is 6.51. The summed E-state index contributed by atoms with van der Waals surface area (Å²) in [5, 5.41) is 17.0. The zero-order valence-electron chi connectivity index (χ0n) is 15.9. The lowest BCUT2D eigenvalue weighted by atomic mass is 9.82. The maximum absolute atomic E-state index is 13.2. The smallest absolute Gasteiger partial charge is 0.254 e. The van der Waals surface area contributed by atoms with Gasteiger partial charge in [-0.05, 0) is 48.9 Å². The van der Waals surface area contributed by atoms with Crippen molar-refractivity contribution in [2.45, 2.75) is 26.2 Å². The molecule has 142 valence electrons. The van der Waals surface area contributed by atoms with Gasteiger partial charge in [0.1, 0.15) is 0 Å². The van der Waals surface area contributed by atoms with Crippen LogP contribution >= 0.6 is 11.8 Å². The van der Waals surface area contributed by atoms with Crippen LogP contribution in [0.5, 0.6) is 0 Å². The van der Waals surface area contributed by atoms with Gasteiger partial charge in [-0.15, -0.1) is 11.8 Å². The number of dihydropyridines is 1. The van der Waals surface area contributed by atoms with E-state index in [-0.39, 0.29) is 5.91 Å². The Balaban J connectivity index is 2.04. The van der Waals surface area contributed by atoms with Crippen molar-refractivity contribution in [2.75, 3.05) is 11.1 Å². The molecule has 0 spiro atoms. The average Bonchev–Trinajstić information content (AvgIpc) is 2.72. The van der Waals surface area contributed by atoms with Crippen LogP contribution < -0.4 is 10.6 Å². The van der Waals surface area contributed by atoms with Crippen molar-refractivity contribution < 1.29 is 4.79 Å². The average molecular weight is 391 g/mol. The van der Waals surface area contributed by atoms with E-state index in [0.717, 1.165) is 34.2 Å². The molecule has 2 aromatic rings. The SMILES string of the molecule is CCCSC1=C(C#N)C(c2ccncc2)C(C(=O)Nc2ccccc2)=C(C)N1. The third kappa shape index (κ3) is 4.26. The molecular weight excluding hydrogens is 368 g/mol. The minimum atomic E-state index is -0.433. The van der Waals surface area contributed by atoms with Crippen molar-refractivity contribution in [1.29, 1.82) is 5.26 Å². The minimum absolute atomic E-state index is 0.217. The van der Waals surface area contributed by atoms with Crippen LogP contribution in [0.25, 0.3) is 0 Å². The molecule has 1 aromatic carbocycles. The van der Waals surface area contributed by atoms with Gasteiger partial charge in [0.25, 0.3) is 5.91 Å². The molecule has 1 atom stereocenters. The summed E-state index contributed by atoms with van der Waals surface area (Å²) in [7, 11) is 0. The third-order valence-electron chi connectivity index (χ3n) is 4.41. The largest absolute Gasteiger partial charge is 0.353 e. The number of amides is 1. The number of rotatable bonds is 6. The summed E-state index contributed by atoms with van der Waals surface area (Å²) < 4.78 is 0. The lowest BCUT2D eigenvalue weighted by molar-refractivity contribution is -0.113. The number of nitrogens with zero attached hydrogens (tertiary/aromatic N) is 2. The van der Waals surface area contributed by atoms with E-state index in [9.17, 15) is 10.1 Å². The van der Waals surface area contributed by atoms with E-state index in [4.69, 9.17) is 0 Å². The van der Waals surface area contributed by atoms with Crippen LogP contribution in [0, 0.1) is 11.3 Å². The van der Waals surface area contributed by atoms with E-state index in [1.807, 2.05) is 49.4 Å². The number of thioether (sulfide) groups is 1. The molecule has 0 bridgehead atoms. The maximum atomic E-state index is 13.2. The van der Waals surface area contributed by atoms with Gasteiger partial charge in [-0.1, -0.05) is 25.1 Å². The first-order chi connectivity index (χ1) is 13.7. The Morgan fingerprint density at radius 3 is 2.61 bits per heavy atom. The first-order valence-electron chi connectivity index (χ1n) is 9.16. The number of hydrogen-bond acceptors (Lipinski definition) is 5. The normalized spacial score (nSPS) is 16.4. The first-order valence-corrected chi connectivity index (χ1v) is 10.2. The second kappa shape index (κ2) is 9.25. The third-order valence-corrected chi connectivity index (χ3v) is 5.64. The van der Waals surface area contributed by atoms with E-state index in [0.29, 0.717) is 11.1 Å². The molecule has 0 radical (unpaired) electrons. The number of nitriles is 1. The maximum Gasteiger partial charge on any atom is 0.254 e. The second-order valence-corrected chi connectivity index (χ2v) is 7.51. The van der Waals surface area contributed by atoms with E-state index in [1.165, 1.54) is 0 Å². The fraction of sp³-hybridized carbons (Fsp3) is 0.227. The van der Waals surface area contributed by atoms with Crippen molar-refractivity contribution in [1.82, 2.24) is 10.3 Å². The molecule has 0 fully saturated rings. The highest BCUT2D eigenvalue weighted by Gasteiger charge is 2.34. The van der Waals surface area contributed by atoms with Gasteiger partial charge in [0, 0.05) is 29.4 Å². The number of aromatic nitrogens is 1. The number of benzene rings is 1. The number of nitrogens with one attached hydrogen (secondary N) is 2. The fourth-order valence-electron chi connectivity index (χ4n) is 3.14. The highest BCUT2D eigenvalue weighted by Crippen LogP contribution is 2.40. The van der Waals surface area contributed by atoms with Crippen molar-refractivity contribution in [3.63, 3.8) is 0 Å². The predicted molar refractivity (Wildman–Crippen MR) is 113 cm³/mol. The highest BCUT2D eigenvalue weighted by atomic mass is 32.2. The molecule has 28 heavy (non-hydrogen) atoms. The van der Waals surface area contributed by atoms with Crippen molar-refractivity contribution in [3.05, 3.63) is 82.3 Å². The zero-order valence-corrected chi connectivity index (χ0v) is 16.7. The van der Waals surface area contributed by atoms with Gasteiger partial charge in [-0.3, -0.25) is 9.78 Å². The van der Waals surface area contributed by atoms with Gasteiger partial charge in [-0.2, -0.15) is 5.26 Å². The van der Waals surface area contributed by atoms with Crippen LogP contribution in [0.1, 0.15) is 31.7 Å². The summed E-state index contributed by atoms with van der Waals surface area (Å²) in [6, 6.07) is 15.4. The van der Waals surface area contributed by atoms with Crippen LogP contribution in [0.15, 0.2) is 76.7 Å². The van der Waals surface area contributed by atoms with Crippen LogP contribution in [0.3, 0.4) is 0 Å². The quantitative estimate of drug-likeness (QED) is 0.756. The van der Waals surface area contributed by atoms with Crippen molar-refractivity contribution in [3.8, 4) is 6.07 Å². The summed E-state index contributed by atoms with van der Waals surface area (Å²) >= 11 is 1.61. The van der Waals surface area contributed by atoms with Gasteiger partial charge in [0.15, 0.2) is 0 Å². The minimum Gasteiger partial charge on any atom is -0.353 e. The van der Waals surface area contributed by atoms with Crippen LogP contribution in [0.2, 0.25) is 0 Å². The molecule has 1 aliphatic rings. The Morgan fingerprint density at radius 2 is 1.96 bits per heavy atom. The summed E-state index contributed by atoms with van der Waals surface area (Å²) in [6.45, 7) is 3.99. The van der Waals surface area contributed by atoms with Crippen LogP contribution in [-0.2, 0) is 4.79 Å². The summed E-state index contributed by atoms with van der Waals surface area (Å²) in [5.41, 5.74) is 3.46. The lowest BCUT2D eigenvalue weighted by Crippen LogP contribution is -2.30. The molecule has 3 rings (SSSR count). The number of hydrogen-bond donors (Lipinski definition) is 2. The molecule has 1 aliphatic heterocycles. The van der Waals surface area contributed by atoms with Crippen molar-refractivity contribution >= 4 is 23.4 Å². The molecule has 2 heterocycles. The molecule has 2 N–H and O–H groups in total. The number of pyridine rings is 1. The standard InChI is InChI=1S/C22H22N4OS/c1-3-13-28-22-18(14-23)20(16-9-11-24-12-10-16)19(15(2)25-22)21(27)26-17-7-5-4-6-8-17/h4-12,20,25H,3,13H2,1-2H3,(H,26,27). The Hall–Kier alpha value is -3.04. The van der Waals surface area contributed by atoms with Gasteiger partial charge in [0.2, 0.25) is 0 Å². The van der Waals surface area contributed by atoms with E-state index >= 15 is 0 Å². The molecule has 0 aliphatic carbocycles. The summed E-state index contributed by atoms with van der Waals surface area (Å²) in [6.07, 6.45) is 4.37. The lowest BCUT2D eigenvalue weighted by Gasteiger charge is -2.29. The number of anilines is 1. The van der Waals surface area contributed by atoms with Gasteiger partial charge >= 0.3 is 0 Å². The molecule has 5 nitrogen and oxygen atoms in total. The van der Waals surface area contributed by atoms with Crippen molar-refractivity contribution in [2.24, 2.45) is 0 Å². The molecule has 0 saturated heterocycles. The molecule has 1 unspecified atom stereocenters. The summed E-state index contributed by atoms with van der Waals surface area (Å²) in [4.78, 5) is 17.3. The zero-order chi connectivity index (χ0) is 19.9. The van der Waals surface area contributed by atoms with E-state index < -0.39 is 5.92 Å². The number of carbonyl (C=O) groups is 1. The fourth-order valence-corrected chi connectivity index (χ4v) is 4.09. The topological polar surface area (TPSA) is 77.8 Å². The van der Waals surface area contributed by atoms with E-state index in [2.05, 4.69) is 28.6 Å². The number of allylic oxidation sites excluding steroid dienone is 2. The highest BCUT2D eigenvalue weighted by molar-refractivity contribution is 8.03. The Labute approximate surface area is 169 Å².